The first kappa shape index (κ1) is 11.2. The van der Waals surface area contributed by atoms with Crippen LogP contribution < -0.4 is 5.73 Å². The summed E-state index contributed by atoms with van der Waals surface area (Å²) < 4.78 is 0. The lowest BCUT2D eigenvalue weighted by molar-refractivity contribution is 0.649. The zero-order chi connectivity index (χ0) is 11.5. The summed E-state index contributed by atoms with van der Waals surface area (Å²) in [4.78, 5) is 0. The molecule has 0 aliphatic rings. The first-order chi connectivity index (χ1) is 7.72. The Labute approximate surface area is 97.3 Å². The molecule has 84 valence electrons. The molecule has 2 rings (SSSR count). The molecule has 0 saturated heterocycles. The molecule has 0 radical (unpaired) electrons. The molecule has 0 saturated carbocycles. The molecule has 0 bridgehead atoms. The minimum Gasteiger partial charge on any atom is -0.327 e. The zero-order valence-corrected chi connectivity index (χ0v) is 10.0. The number of hydrogen-bond acceptors (Lipinski definition) is 1. The Bertz CT molecular complexity index is 488. The second-order valence-corrected chi connectivity index (χ2v) is 4.46. The van der Waals surface area contributed by atoms with Gasteiger partial charge in [0.1, 0.15) is 0 Å². The third-order valence-electron chi connectivity index (χ3n) is 3.24. The van der Waals surface area contributed by atoms with E-state index in [1.165, 1.54) is 21.9 Å². The number of fused-ring (bicyclic) bond motifs is 1. The normalized spacial score (nSPS) is 12.9. The van der Waals surface area contributed by atoms with Crippen LogP contribution in [0.3, 0.4) is 0 Å². The highest BCUT2D eigenvalue weighted by Crippen LogP contribution is 2.23. The molecule has 0 aromatic heterocycles. The minimum atomic E-state index is 0.270. The Kier molecular flexibility index (Phi) is 3.25. The smallest absolute Gasteiger partial charge is 0.00769 e. The van der Waals surface area contributed by atoms with Gasteiger partial charge in [-0.25, -0.2) is 0 Å². The molecule has 1 nitrogen and oxygen atoms in total. The van der Waals surface area contributed by atoms with Crippen LogP contribution in [0.4, 0.5) is 0 Å². The number of rotatable bonds is 3. The largest absolute Gasteiger partial charge is 0.327 e. The van der Waals surface area contributed by atoms with Gasteiger partial charge in [-0.05, 0) is 41.7 Å². The molecular weight excluding hydrogens is 194 g/mol. The summed E-state index contributed by atoms with van der Waals surface area (Å²) in [6.45, 7) is 4.30. The van der Waals surface area contributed by atoms with E-state index in [-0.39, 0.29) is 6.04 Å². The van der Waals surface area contributed by atoms with Crippen molar-refractivity contribution in [3.8, 4) is 0 Å². The van der Waals surface area contributed by atoms with Crippen LogP contribution in [0.1, 0.15) is 24.5 Å². The SMILES string of the molecule is CCC(N)Cc1ccc(C)c2ccccc12. The third kappa shape index (κ3) is 2.10. The maximum atomic E-state index is 6.03. The highest BCUT2D eigenvalue weighted by atomic mass is 14.6. The maximum absolute atomic E-state index is 6.03. The summed E-state index contributed by atoms with van der Waals surface area (Å²) in [5, 5.41) is 2.70. The average Bonchev–Trinajstić information content (AvgIpc) is 2.33. The van der Waals surface area contributed by atoms with Crippen molar-refractivity contribution >= 4 is 10.8 Å². The Morgan fingerprint density at radius 3 is 2.44 bits per heavy atom. The fourth-order valence-electron chi connectivity index (χ4n) is 2.12. The van der Waals surface area contributed by atoms with E-state index in [1.807, 2.05) is 0 Å². The van der Waals surface area contributed by atoms with Crippen LogP contribution in [0, 0.1) is 6.92 Å². The molecular formula is C15H19N. The molecule has 0 aliphatic heterocycles. The van der Waals surface area contributed by atoms with E-state index in [9.17, 15) is 0 Å². The molecule has 1 atom stereocenters. The van der Waals surface area contributed by atoms with Gasteiger partial charge in [0.2, 0.25) is 0 Å². The zero-order valence-electron chi connectivity index (χ0n) is 10.0. The van der Waals surface area contributed by atoms with Crippen LogP contribution in [0.5, 0.6) is 0 Å². The summed E-state index contributed by atoms with van der Waals surface area (Å²) in [6.07, 6.45) is 2.00. The summed E-state index contributed by atoms with van der Waals surface area (Å²) >= 11 is 0. The number of benzene rings is 2. The molecule has 0 spiro atoms. The van der Waals surface area contributed by atoms with Crippen LogP contribution in [-0.2, 0) is 6.42 Å². The molecule has 16 heavy (non-hydrogen) atoms. The third-order valence-corrected chi connectivity index (χ3v) is 3.24. The minimum absolute atomic E-state index is 0.270. The van der Waals surface area contributed by atoms with Crippen LogP contribution >= 0.6 is 0 Å². The van der Waals surface area contributed by atoms with E-state index in [0.717, 1.165) is 12.8 Å². The van der Waals surface area contributed by atoms with Crippen molar-refractivity contribution in [3.05, 3.63) is 47.5 Å². The van der Waals surface area contributed by atoms with Crippen LogP contribution in [0.2, 0.25) is 0 Å². The van der Waals surface area contributed by atoms with Gasteiger partial charge in [0.05, 0.1) is 0 Å². The van der Waals surface area contributed by atoms with Gasteiger partial charge in [0.25, 0.3) is 0 Å². The fourth-order valence-corrected chi connectivity index (χ4v) is 2.12. The Hall–Kier alpha value is -1.34. The predicted octanol–water partition coefficient (Wildman–Crippen LogP) is 3.43. The Morgan fingerprint density at radius 1 is 1.06 bits per heavy atom. The van der Waals surface area contributed by atoms with E-state index in [4.69, 9.17) is 5.73 Å². The van der Waals surface area contributed by atoms with Gasteiger partial charge in [-0.3, -0.25) is 0 Å². The quantitative estimate of drug-likeness (QED) is 0.830. The molecule has 2 aromatic rings. The van der Waals surface area contributed by atoms with Gasteiger partial charge in [-0.2, -0.15) is 0 Å². The summed E-state index contributed by atoms with van der Waals surface area (Å²) in [5.41, 5.74) is 8.74. The van der Waals surface area contributed by atoms with Gasteiger partial charge in [-0.1, -0.05) is 43.3 Å². The highest BCUT2D eigenvalue weighted by Gasteiger charge is 2.06. The second-order valence-electron chi connectivity index (χ2n) is 4.46. The first-order valence-corrected chi connectivity index (χ1v) is 5.95. The molecule has 0 heterocycles. The monoisotopic (exact) mass is 213 g/mol. The van der Waals surface area contributed by atoms with Crippen molar-refractivity contribution in [1.82, 2.24) is 0 Å². The summed E-state index contributed by atoms with van der Waals surface area (Å²) in [5.74, 6) is 0. The topological polar surface area (TPSA) is 26.0 Å². The lowest BCUT2D eigenvalue weighted by Gasteiger charge is -2.12. The summed E-state index contributed by atoms with van der Waals surface area (Å²) in [6, 6.07) is 13.3. The molecule has 0 fully saturated rings. The van der Waals surface area contributed by atoms with Gasteiger partial charge < -0.3 is 5.73 Å². The van der Waals surface area contributed by atoms with Gasteiger partial charge >= 0.3 is 0 Å². The van der Waals surface area contributed by atoms with Gasteiger partial charge in [0, 0.05) is 6.04 Å². The van der Waals surface area contributed by atoms with Crippen LogP contribution in [0.25, 0.3) is 10.8 Å². The average molecular weight is 213 g/mol. The lowest BCUT2D eigenvalue weighted by Crippen LogP contribution is -2.21. The molecule has 0 amide bonds. The fraction of sp³-hybridized carbons (Fsp3) is 0.333. The van der Waals surface area contributed by atoms with Crippen molar-refractivity contribution in [2.75, 3.05) is 0 Å². The molecule has 1 unspecified atom stereocenters. The standard InChI is InChI=1S/C15H19N/c1-3-13(16)10-12-9-8-11(2)14-6-4-5-7-15(12)14/h4-9,13H,3,10,16H2,1-2H3. The Balaban J connectivity index is 2.50. The van der Waals surface area contributed by atoms with Crippen LogP contribution in [0.15, 0.2) is 36.4 Å². The van der Waals surface area contributed by atoms with Gasteiger partial charge in [0.15, 0.2) is 0 Å². The van der Waals surface area contributed by atoms with Gasteiger partial charge in [-0.15, -0.1) is 0 Å². The van der Waals surface area contributed by atoms with E-state index in [0.29, 0.717) is 0 Å². The maximum Gasteiger partial charge on any atom is 0.00769 e. The molecule has 2 N–H and O–H groups in total. The van der Waals surface area contributed by atoms with E-state index in [1.54, 1.807) is 0 Å². The number of aryl methyl sites for hydroxylation is 1. The van der Waals surface area contributed by atoms with Crippen molar-refractivity contribution < 1.29 is 0 Å². The predicted molar refractivity (Wildman–Crippen MR) is 70.7 cm³/mol. The van der Waals surface area contributed by atoms with E-state index >= 15 is 0 Å². The van der Waals surface area contributed by atoms with Crippen molar-refractivity contribution in [1.29, 1.82) is 0 Å². The van der Waals surface area contributed by atoms with E-state index < -0.39 is 0 Å². The summed E-state index contributed by atoms with van der Waals surface area (Å²) in [7, 11) is 0. The first-order valence-electron chi connectivity index (χ1n) is 5.95. The molecule has 1 heteroatoms. The Morgan fingerprint density at radius 2 is 1.75 bits per heavy atom. The van der Waals surface area contributed by atoms with Crippen molar-refractivity contribution in [2.24, 2.45) is 5.73 Å². The number of hydrogen-bond donors (Lipinski definition) is 1. The van der Waals surface area contributed by atoms with Crippen LogP contribution in [-0.4, -0.2) is 6.04 Å². The molecule has 0 aliphatic carbocycles. The van der Waals surface area contributed by atoms with E-state index in [2.05, 4.69) is 50.2 Å². The number of nitrogens with two attached hydrogens (primary N) is 1. The second kappa shape index (κ2) is 4.67. The highest BCUT2D eigenvalue weighted by molar-refractivity contribution is 5.88. The van der Waals surface area contributed by atoms with Crippen molar-refractivity contribution in [2.45, 2.75) is 32.7 Å². The van der Waals surface area contributed by atoms with Crippen molar-refractivity contribution in [3.63, 3.8) is 0 Å². The lowest BCUT2D eigenvalue weighted by atomic mass is 9.95. The molecule has 2 aromatic carbocycles.